The third-order valence-electron chi connectivity index (χ3n) is 2.83. The van der Waals surface area contributed by atoms with Gasteiger partial charge in [0.25, 0.3) is 0 Å². The Kier molecular flexibility index (Phi) is 6.91. The van der Waals surface area contributed by atoms with Gasteiger partial charge in [-0.05, 0) is 27.2 Å². The van der Waals surface area contributed by atoms with E-state index in [-0.39, 0.29) is 18.0 Å². The number of nitrogens with one attached hydrogen (secondary N) is 3. The van der Waals surface area contributed by atoms with Crippen LogP contribution in [-0.4, -0.2) is 34.5 Å². The Morgan fingerprint density at radius 1 is 1.19 bits per heavy atom. The molecule has 6 nitrogen and oxygen atoms in total. The summed E-state index contributed by atoms with van der Waals surface area (Å²) in [4.78, 5) is 20.8. The van der Waals surface area contributed by atoms with Crippen LogP contribution in [0.1, 0.15) is 46.9 Å². The van der Waals surface area contributed by atoms with Gasteiger partial charge in [-0.15, -0.1) is 0 Å². The van der Waals surface area contributed by atoms with Gasteiger partial charge in [0, 0.05) is 25.1 Å². The van der Waals surface area contributed by atoms with Gasteiger partial charge in [-0.3, -0.25) is 4.79 Å². The summed E-state index contributed by atoms with van der Waals surface area (Å²) in [6.07, 6.45) is 1.78. The molecule has 0 spiro atoms. The Morgan fingerprint density at radius 3 is 2.43 bits per heavy atom. The van der Waals surface area contributed by atoms with Crippen LogP contribution in [-0.2, 0) is 11.2 Å². The molecule has 1 atom stereocenters. The average molecular weight is 293 g/mol. The van der Waals surface area contributed by atoms with Crippen molar-refractivity contribution in [2.75, 3.05) is 17.2 Å². The summed E-state index contributed by atoms with van der Waals surface area (Å²) in [5.74, 6) is 2.19. The fourth-order valence-corrected chi connectivity index (χ4v) is 1.77. The smallest absolute Gasteiger partial charge is 0.242 e. The molecule has 1 rings (SSSR count). The molecule has 1 amide bonds. The minimum Gasteiger partial charge on any atom is -0.370 e. The van der Waals surface area contributed by atoms with Gasteiger partial charge in [0.15, 0.2) is 0 Å². The third kappa shape index (κ3) is 5.97. The number of carbonyl (C=O) groups is 1. The van der Waals surface area contributed by atoms with Crippen LogP contribution >= 0.6 is 0 Å². The number of anilines is 2. The average Bonchev–Trinajstić information content (AvgIpc) is 2.44. The summed E-state index contributed by atoms with van der Waals surface area (Å²) in [7, 11) is 0. The van der Waals surface area contributed by atoms with Crippen molar-refractivity contribution in [2.45, 2.75) is 59.5 Å². The van der Waals surface area contributed by atoms with Crippen molar-refractivity contribution >= 4 is 17.5 Å². The number of amides is 1. The van der Waals surface area contributed by atoms with E-state index in [2.05, 4.69) is 32.8 Å². The van der Waals surface area contributed by atoms with E-state index in [1.807, 2.05) is 33.8 Å². The maximum absolute atomic E-state index is 11.9. The predicted octanol–water partition coefficient (Wildman–Crippen LogP) is 2.19. The van der Waals surface area contributed by atoms with Gasteiger partial charge in [-0.1, -0.05) is 13.8 Å². The second kappa shape index (κ2) is 8.44. The van der Waals surface area contributed by atoms with E-state index in [0.29, 0.717) is 5.82 Å². The first-order valence-corrected chi connectivity index (χ1v) is 7.65. The molecule has 6 heteroatoms. The Morgan fingerprint density at radius 2 is 1.86 bits per heavy atom. The number of hydrogen-bond donors (Lipinski definition) is 3. The molecule has 0 aliphatic carbocycles. The first-order valence-electron chi connectivity index (χ1n) is 7.65. The van der Waals surface area contributed by atoms with E-state index in [0.717, 1.165) is 31.0 Å². The fourth-order valence-electron chi connectivity index (χ4n) is 1.77. The quantitative estimate of drug-likeness (QED) is 0.684. The van der Waals surface area contributed by atoms with Crippen molar-refractivity contribution in [3.05, 3.63) is 11.9 Å². The highest BCUT2D eigenvalue weighted by Crippen LogP contribution is 2.13. The van der Waals surface area contributed by atoms with Crippen molar-refractivity contribution < 1.29 is 4.79 Å². The van der Waals surface area contributed by atoms with Crippen LogP contribution in [0.3, 0.4) is 0 Å². The summed E-state index contributed by atoms with van der Waals surface area (Å²) < 4.78 is 0. The number of hydrogen-bond acceptors (Lipinski definition) is 5. The SMILES string of the molecule is CCCNc1cc(NC(C)C(=O)NC(C)C)nc(CC)n1. The van der Waals surface area contributed by atoms with E-state index in [1.54, 1.807) is 0 Å². The van der Waals surface area contributed by atoms with Gasteiger partial charge >= 0.3 is 0 Å². The lowest BCUT2D eigenvalue weighted by atomic mass is 10.2. The zero-order valence-corrected chi connectivity index (χ0v) is 13.7. The largest absolute Gasteiger partial charge is 0.370 e. The normalized spacial score (nSPS) is 12.1. The maximum atomic E-state index is 11.9. The molecule has 0 saturated carbocycles. The van der Waals surface area contributed by atoms with Gasteiger partial charge in [0.05, 0.1) is 0 Å². The summed E-state index contributed by atoms with van der Waals surface area (Å²) in [6, 6.07) is 1.62. The zero-order chi connectivity index (χ0) is 15.8. The third-order valence-corrected chi connectivity index (χ3v) is 2.83. The number of aromatic nitrogens is 2. The Bertz CT molecular complexity index is 461. The number of rotatable bonds is 8. The molecule has 118 valence electrons. The molecule has 1 aromatic heterocycles. The van der Waals surface area contributed by atoms with Crippen LogP contribution in [0.2, 0.25) is 0 Å². The molecule has 0 aliphatic rings. The standard InChI is InChI=1S/C15H27N5O/c1-6-8-16-13-9-14(20-12(7-2)19-13)18-11(5)15(21)17-10(3)4/h9-11H,6-8H2,1-5H3,(H,17,21)(H2,16,18,19,20). The minimum absolute atomic E-state index is 0.0373. The summed E-state index contributed by atoms with van der Waals surface area (Å²) >= 11 is 0. The summed E-state index contributed by atoms with van der Waals surface area (Å²) in [5, 5.41) is 9.27. The maximum Gasteiger partial charge on any atom is 0.242 e. The Balaban J connectivity index is 2.78. The summed E-state index contributed by atoms with van der Waals surface area (Å²) in [6.45, 7) is 10.7. The van der Waals surface area contributed by atoms with Gasteiger partial charge in [-0.2, -0.15) is 0 Å². The fraction of sp³-hybridized carbons (Fsp3) is 0.667. The van der Waals surface area contributed by atoms with E-state index in [4.69, 9.17) is 0 Å². The highest BCUT2D eigenvalue weighted by atomic mass is 16.2. The second-order valence-corrected chi connectivity index (χ2v) is 5.36. The van der Waals surface area contributed by atoms with E-state index in [1.165, 1.54) is 0 Å². The van der Waals surface area contributed by atoms with Crippen LogP contribution in [0, 0.1) is 0 Å². The first-order chi connectivity index (χ1) is 9.96. The molecule has 0 saturated heterocycles. The first kappa shape index (κ1) is 17.2. The molecule has 1 aromatic rings. The van der Waals surface area contributed by atoms with Crippen LogP contribution in [0.25, 0.3) is 0 Å². The molecular weight excluding hydrogens is 266 g/mol. The van der Waals surface area contributed by atoms with Crippen LogP contribution in [0.5, 0.6) is 0 Å². The highest BCUT2D eigenvalue weighted by molar-refractivity contribution is 5.84. The predicted molar refractivity (Wildman–Crippen MR) is 86.6 cm³/mol. The van der Waals surface area contributed by atoms with Crippen LogP contribution in [0.4, 0.5) is 11.6 Å². The molecule has 0 radical (unpaired) electrons. The molecule has 1 heterocycles. The molecule has 1 unspecified atom stereocenters. The zero-order valence-electron chi connectivity index (χ0n) is 13.7. The molecule has 3 N–H and O–H groups in total. The van der Waals surface area contributed by atoms with Crippen molar-refractivity contribution in [1.82, 2.24) is 15.3 Å². The molecule has 0 aliphatic heterocycles. The Hall–Kier alpha value is -1.85. The van der Waals surface area contributed by atoms with E-state index >= 15 is 0 Å². The molecule has 0 aromatic carbocycles. The van der Waals surface area contributed by atoms with Gasteiger partial charge in [0.2, 0.25) is 5.91 Å². The number of carbonyl (C=O) groups excluding carboxylic acids is 1. The van der Waals surface area contributed by atoms with Crippen molar-refractivity contribution in [2.24, 2.45) is 0 Å². The van der Waals surface area contributed by atoms with E-state index < -0.39 is 0 Å². The molecule has 21 heavy (non-hydrogen) atoms. The van der Waals surface area contributed by atoms with Crippen molar-refractivity contribution in [1.29, 1.82) is 0 Å². The molecular formula is C15H27N5O. The highest BCUT2D eigenvalue weighted by Gasteiger charge is 2.14. The monoisotopic (exact) mass is 293 g/mol. The lowest BCUT2D eigenvalue weighted by Crippen LogP contribution is -2.41. The lowest BCUT2D eigenvalue weighted by molar-refractivity contribution is -0.122. The molecule has 0 fully saturated rings. The lowest BCUT2D eigenvalue weighted by Gasteiger charge is -2.17. The number of aryl methyl sites for hydroxylation is 1. The van der Waals surface area contributed by atoms with Gasteiger partial charge in [-0.25, -0.2) is 9.97 Å². The van der Waals surface area contributed by atoms with Gasteiger partial charge < -0.3 is 16.0 Å². The topological polar surface area (TPSA) is 78.9 Å². The van der Waals surface area contributed by atoms with Crippen LogP contribution < -0.4 is 16.0 Å². The minimum atomic E-state index is -0.342. The molecule has 0 bridgehead atoms. The van der Waals surface area contributed by atoms with Crippen molar-refractivity contribution in [3.8, 4) is 0 Å². The van der Waals surface area contributed by atoms with Gasteiger partial charge in [0.1, 0.15) is 23.5 Å². The Labute approximate surface area is 127 Å². The number of nitrogens with zero attached hydrogens (tertiary/aromatic N) is 2. The van der Waals surface area contributed by atoms with Crippen LogP contribution in [0.15, 0.2) is 6.07 Å². The second-order valence-electron chi connectivity index (χ2n) is 5.36. The van der Waals surface area contributed by atoms with Crippen molar-refractivity contribution in [3.63, 3.8) is 0 Å². The summed E-state index contributed by atoms with van der Waals surface area (Å²) in [5.41, 5.74) is 0. The van der Waals surface area contributed by atoms with E-state index in [9.17, 15) is 4.79 Å².